The van der Waals surface area contributed by atoms with Crippen LogP contribution in [0.5, 0.6) is 0 Å². The van der Waals surface area contributed by atoms with E-state index in [1.807, 2.05) is 0 Å². The summed E-state index contributed by atoms with van der Waals surface area (Å²) in [4.78, 5) is 31.0. The summed E-state index contributed by atoms with van der Waals surface area (Å²) in [7, 11) is 0. The number of carbonyl (C=O) groups excluding carboxylic acids is 1. The molecule has 0 fully saturated rings. The van der Waals surface area contributed by atoms with Crippen LogP contribution in [0.1, 0.15) is 18.1 Å². The topological polar surface area (TPSA) is 171 Å². The van der Waals surface area contributed by atoms with Crippen LogP contribution in [0.3, 0.4) is 0 Å². The monoisotopic (exact) mass is 445 g/mol. The fraction of sp³-hybridized carbons (Fsp3) is 0.211. The standard InChI is InChI=1S/C10H8N4O5.C9H11NO3/c1-7-6-11(12(15)10(7)14(18)19)8-2-4-9(5-3-8)13(16)17;1-2-13-9(11)6-8-4-3-5-10(12)7-8/h2-6H,1H3;3-5,7H,2,6H2,1H3. The molecule has 1 aromatic carbocycles. The number of ether oxygens (including phenoxy) is 1. The van der Waals surface area contributed by atoms with E-state index < -0.39 is 15.7 Å². The Balaban J connectivity index is 0.000000244. The lowest BCUT2D eigenvalue weighted by atomic mass is 10.2. The summed E-state index contributed by atoms with van der Waals surface area (Å²) < 4.78 is 6.41. The zero-order valence-corrected chi connectivity index (χ0v) is 17.1. The molecule has 3 rings (SSSR count). The third kappa shape index (κ3) is 5.98. The van der Waals surface area contributed by atoms with E-state index in [2.05, 4.69) is 0 Å². The lowest BCUT2D eigenvalue weighted by Gasteiger charge is -2.01. The van der Waals surface area contributed by atoms with Gasteiger partial charge in [-0.05, 0) is 36.9 Å². The average molecular weight is 445 g/mol. The number of aryl methyl sites for hydroxylation is 1. The number of pyridine rings is 1. The van der Waals surface area contributed by atoms with Crippen LogP contribution in [0, 0.1) is 37.6 Å². The van der Waals surface area contributed by atoms with Crippen LogP contribution >= 0.6 is 0 Å². The summed E-state index contributed by atoms with van der Waals surface area (Å²) in [6.07, 6.45) is 4.18. The third-order valence-electron chi connectivity index (χ3n) is 4.03. The molecule has 32 heavy (non-hydrogen) atoms. The molecule has 13 heteroatoms. The Kier molecular flexibility index (Phi) is 7.76. The normalized spacial score (nSPS) is 10.1. The van der Waals surface area contributed by atoms with Gasteiger partial charge in [0.25, 0.3) is 5.69 Å². The zero-order valence-electron chi connectivity index (χ0n) is 17.1. The number of carbonyl (C=O) groups is 1. The van der Waals surface area contributed by atoms with Crippen LogP contribution < -0.4 is 9.58 Å². The zero-order chi connectivity index (χ0) is 23.8. The predicted octanol–water partition coefficient (Wildman–Crippen LogP) is 1.66. The molecule has 0 radical (unpaired) electrons. The minimum Gasteiger partial charge on any atom is -0.619 e. The van der Waals surface area contributed by atoms with E-state index in [0.29, 0.717) is 22.6 Å². The van der Waals surface area contributed by atoms with Gasteiger partial charge in [0.05, 0.1) is 24.1 Å². The fourth-order valence-electron chi connectivity index (χ4n) is 2.65. The minimum absolute atomic E-state index is 0.125. The molecule has 0 aliphatic heterocycles. The van der Waals surface area contributed by atoms with Crippen molar-refractivity contribution in [2.24, 2.45) is 0 Å². The molecule has 0 aliphatic carbocycles. The Bertz CT molecular complexity index is 1130. The van der Waals surface area contributed by atoms with Crippen molar-refractivity contribution in [3.63, 3.8) is 0 Å². The maximum Gasteiger partial charge on any atom is 0.541 e. The summed E-state index contributed by atoms with van der Waals surface area (Å²) in [5.41, 5.74) is 1.05. The first-order valence-corrected chi connectivity index (χ1v) is 9.18. The Morgan fingerprint density at radius 3 is 2.25 bits per heavy atom. The van der Waals surface area contributed by atoms with Gasteiger partial charge in [-0.3, -0.25) is 25.0 Å². The molecule has 0 amide bonds. The fourth-order valence-corrected chi connectivity index (χ4v) is 2.65. The van der Waals surface area contributed by atoms with Crippen LogP contribution in [0.25, 0.3) is 5.69 Å². The van der Waals surface area contributed by atoms with Crippen molar-refractivity contribution in [3.05, 3.63) is 96.8 Å². The number of nitro benzene ring substituents is 1. The lowest BCUT2D eigenvalue weighted by Crippen LogP contribution is -2.37. The number of rotatable bonds is 6. The Morgan fingerprint density at radius 2 is 1.75 bits per heavy atom. The highest BCUT2D eigenvalue weighted by atomic mass is 16.6. The number of hydrogen-bond acceptors (Lipinski definition) is 8. The van der Waals surface area contributed by atoms with Crippen molar-refractivity contribution in [1.82, 2.24) is 4.68 Å². The molecule has 0 bridgehead atoms. The number of esters is 1. The molecule has 2 heterocycles. The van der Waals surface area contributed by atoms with Crippen molar-refractivity contribution in [2.75, 3.05) is 6.61 Å². The second-order valence-electron chi connectivity index (χ2n) is 6.34. The molecule has 0 unspecified atom stereocenters. The van der Waals surface area contributed by atoms with Crippen LogP contribution in [0.15, 0.2) is 55.0 Å². The number of non-ortho nitro benzene ring substituents is 1. The first kappa shape index (κ1) is 23.7. The van der Waals surface area contributed by atoms with Gasteiger partial charge in [0.15, 0.2) is 12.4 Å². The molecule has 3 aromatic rings. The minimum atomic E-state index is -0.774. The first-order chi connectivity index (χ1) is 15.1. The second-order valence-corrected chi connectivity index (χ2v) is 6.34. The van der Waals surface area contributed by atoms with Gasteiger partial charge in [-0.2, -0.15) is 4.73 Å². The SMILES string of the molecule is CCOC(=O)Cc1ccc[n+]([O-])c1.Cc1cn(-c2ccc([N+](=O)[O-])cc2)[n+]([O-])c1[N+](=O)[O-]. The van der Waals surface area contributed by atoms with E-state index in [1.54, 1.807) is 19.1 Å². The quantitative estimate of drug-likeness (QED) is 0.181. The number of hydrogen-bond donors (Lipinski definition) is 0. The van der Waals surface area contributed by atoms with Crippen LogP contribution in [0.2, 0.25) is 0 Å². The van der Waals surface area contributed by atoms with Gasteiger partial charge in [-0.15, -0.1) is 4.68 Å². The lowest BCUT2D eigenvalue weighted by molar-refractivity contribution is -0.724. The highest BCUT2D eigenvalue weighted by Crippen LogP contribution is 2.18. The molecule has 168 valence electrons. The van der Waals surface area contributed by atoms with Crippen molar-refractivity contribution in [1.29, 1.82) is 0 Å². The van der Waals surface area contributed by atoms with E-state index in [4.69, 9.17) is 4.74 Å². The highest BCUT2D eigenvalue weighted by Gasteiger charge is 2.29. The summed E-state index contributed by atoms with van der Waals surface area (Å²) in [5, 5.41) is 43.8. The van der Waals surface area contributed by atoms with Crippen molar-refractivity contribution >= 4 is 17.5 Å². The molecule has 0 spiro atoms. The number of benzene rings is 1. The van der Waals surface area contributed by atoms with Crippen LogP contribution in [-0.4, -0.2) is 27.1 Å². The Labute approximate surface area is 181 Å². The molecule has 0 atom stereocenters. The van der Waals surface area contributed by atoms with E-state index in [0.717, 1.165) is 4.68 Å². The predicted molar refractivity (Wildman–Crippen MR) is 109 cm³/mol. The summed E-state index contributed by atoms with van der Waals surface area (Å²) in [6.45, 7) is 3.55. The summed E-state index contributed by atoms with van der Waals surface area (Å²) >= 11 is 0. The molecule has 0 saturated heterocycles. The maximum atomic E-state index is 11.8. The van der Waals surface area contributed by atoms with Gasteiger partial charge in [0.2, 0.25) is 0 Å². The van der Waals surface area contributed by atoms with Gasteiger partial charge >= 0.3 is 11.8 Å². The number of nitrogens with zero attached hydrogens (tertiary/aromatic N) is 5. The summed E-state index contributed by atoms with van der Waals surface area (Å²) in [5.74, 6) is -0.882. The Morgan fingerprint density at radius 1 is 1.09 bits per heavy atom. The van der Waals surface area contributed by atoms with E-state index in [-0.39, 0.29) is 28.5 Å². The van der Waals surface area contributed by atoms with Gasteiger partial charge in [0, 0.05) is 23.8 Å². The van der Waals surface area contributed by atoms with Gasteiger partial charge in [-0.1, -0.05) is 0 Å². The second kappa shape index (κ2) is 10.5. The van der Waals surface area contributed by atoms with Crippen molar-refractivity contribution < 1.29 is 29.0 Å². The smallest absolute Gasteiger partial charge is 0.541 e. The third-order valence-corrected chi connectivity index (χ3v) is 4.03. The molecule has 0 aliphatic rings. The molecular weight excluding hydrogens is 426 g/mol. The van der Waals surface area contributed by atoms with E-state index in [1.165, 1.54) is 49.8 Å². The molecular formula is C19H19N5O8. The largest absolute Gasteiger partial charge is 0.619 e. The highest BCUT2D eigenvalue weighted by molar-refractivity contribution is 5.72. The van der Waals surface area contributed by atoms with Gasteiger partial charge in [0.1, 0.15) is 16.2 Å². The van der Waals surface area contributed by atoms with Gasteiger partial charge < -0.3 is 15.2 Å². The number of aromatic nitrogens is 3. The van der Waals surface area contributed by atoms with Crippen LogP contribution in [0.4, 0.5) is 11.5 Å². The molecule has 0 N–H and O–H groups in total. The summed E-state index contributed by atoms with van der Waals surface area (Å²) in [6, 6.07) is 8.44. The molecule has 0 saturated carbocycles. The Hall–Kier alpha value is -4.55. The molecule has 13 nitrogen and oxygen atoms in total. The van der Waals surface area contributed by atoms with E-state index in [9.17, 15) is 35.4 Å². The first-order valence-electron chi connectivity index (χ1n) is 9.18. The van der Waals surface area contributed by atoms with Crippen LogP contribution in [-0.2, 0) is 16.0 Å². The van der Waals surface area contributed by atoms with Gasteiger partial charge in [-0.25, -0.2) is 0 Å². The maximum absolute atomic E-state index is 11.8. The van der Waals surface area contributed by atoms with Crippen molar-refractivity contribution in [3.8, 4) is 5.69 Å². The number of nitro groups is 2. The molecule has 2 aromatic heterocycles. The van der Waals surface area contributed by atoms with Crippen molar-refractivity contribution in [2.45, 2.75) is 20.3 Å². The van der Waals surface area contributed by atoms with E-state index >= 15 is 0 Å². The average Bonchev–Trinajstić information content (AvgIpc) is 3.03.